The van der Waals surface area contributed by atoms with Crippen LogP contribution in [0.1, 0.15) is 6.42 Å². The molecular weight excluding hydrogens is 350 g/mol. The molecule has 0 heterocycles. The average Bonchev–Trinajstić information content (AvgIpc) is 2.36. The highest BCUT2D eigenvalue weighted by Gasteiger charge is 2.13. The summed E-state index contributed by atoms with van der Waals surface area (Å²) in [5.41, 5.74) is 0.559. The number of rotatable bonds is 7. The number of halogens is 1. The fourth-order valence-corrected chi connectivity index (χ4v) is 2.35. The Balaban J connectivity index is 2.47. The SMILES string of the molecule is O=C([O-])C[C@H](SCC(=O)Nc1ccc(Br)cc1)C(=O)[O-]. The fraction of sp³-hybridized carbons (Fsp3) is 0.250. The van der Waals surface area contributed by atoms with Gasteiger partial charge in [-0.05, 0) is 24.3 Å². The molecule has 1 aromatic carbocycles. The minimum Gasteiger partial charge on any atom is -0.550 e. The number of hydrogen-bond donors (Lipinski definition) is 1. The van der Waals surface area contributed by atoms with Crippen molar-refractivity contribution < 1.29 is 24.6 Å². The third-order valence-electron chi connectivity index (χ3n) is 2.16. The van der Waals surface area contributed by atoms with Gasteiger partial charge in [-0.15, -0.1) is 11.8 Å². The molecule has 0 radical (unpaired) electrons. The Morgan fingerprint density at radius 2 is 1.80 bits per heavy atom. The number of aliphatic carboxylic acids is 2. The van der Waals surface area contributed by atoms with Gasteiger partial charge in [-0.1, -0.05) is 15.9 Å². The van der Waals surface area contributed by atoms with Gasteiger partial charge in [-0.3, -0.25) is 4.79 Å². The number of benzene rings is 1. The van der Waals surface area contributed by atoms with Crippen molar-refractivity contribution in [3.63, 3.8) is 0 Å². The minimum atomic E-state index is -1.53. The molecule has 0 aliphatic carbocycles. The van der Waals surface area contributed by atoms with Crippen LogP contribution in [0.3, 0.4) is 0 Å². The molecule has 108 valence electrons. The molecule has 0 fully saturated rings. The fourth-order valence-electron chi connectivity index (χ4n) is 1.27. The molecule has 0 aliphatic heterocycles. The van der Waals surface area contributed by atoms with E-state index in [9.17, 15) is 24.6 Å². The Kier molecular flexibility index (Phi) is 6.53. The molecule has 0 spiro atoms. The molecule has 0 saturated carbocycles. The molecule has 0 saturated heterocycles. The van der Waals surface area contributed by atoms with Crippen molar-refractivity contribution in [1.29, 1.82) is 0 Å². The highest BCUT2D eigenvalue weighted by atomic mass is 79.9. The second kappa shape index (κ2) is 7.91. The lowest BCUT2D eigenvalue weighted by atomic mass is 10.3. The number of hydrogen-bond acceptors (Lipinski definition) is 6. The van der Waals surface area contributed by atoms with E-state index in [1.165, 1.54) is 0 Å². The summed E-state index contributed by atoms with van der Waals surface area (Å²) < 4.78 is 0.857. The topological polar surface area (TPSA) is 109 Å². The van der Waals surface area contributed by atoms with E-state index in [0.29, 0.717) is 17.4 Å². The van der Waals surface area contributed by atoms with E-state index in [-0.39, 0.29) is 5.75 Å². The molecule has 6 nitrogen and oxygen atoms in total. The van der Waals surface area contributed by atoms with E-state index in [0.717, 1.165) is 4.47 Å². The van der Waals surface area contributed by atoms with Gasteiger partial charge in [0.2, 0.25) is 5.91 Å². The first kappa shape index (κ1) is 16.5. The van der Waals surface area contributed by atoms with Crippen LogP contribution in [0.5, 0.6) is 0 Å². The number of amides is 1. The number of carbonyl (C=O) groups excluding carboxylic acids is 3. The molecule has 1 rings (SSSR count). The molecular formula is C12H10BrNO5S-2. The molecule has 0 aliphatic rings. The number of thioether (sulfide) groups is 1. The largest absolute Gasteiger partial charge is 0.550 e. The average molecular weight is 360 g/mol. The molecule has 1 N–H and O–H groups in total. The van der Waals surface area contributed by atoms with Crippen molar-refractivity contribution in [2.75, 3.05) is 11.1 Å². The van der Waals surface area contributed by atoms with Crippen LogP contribution in [-0.4, -0.2) is 28.8 Å². The second-order valence-corrected chi connectivity index (χ2v) is 5.86. The molecule has 20 heavy (non-hydrogen) atoms. The zero-order valence-corrected chi connectivity index (χ0v) is 12.5. The highest BCUT2D eigenvalue weighted by molar-refractivity contribution is 9.10. The number of carboxylic acids is 2. The van der Waals surface area contributed by atoms with Crippen LogP contribution in [0, 0.1) is 0 Å². The van der Waals surface area contributed by atoms with E-state index in [1.807, 2.05) is 0 Å². The van der Waals surface area contributed by atoms with Crippen LogP contribution < -0.4 is 15.5 Å². The summed E-state index contributed by atoms with van der Waals surface area (Å²) in [5, 5.41) is 22.3. The van der Waals surface area contributed by atoms with Crippen molar-refractivity contribution in [3.8, 4) is 0 Å². The Labute approximate surface area is 127 Å². The van der Waals surface area contributed by atoms with E-state index < -0.39 is 29.5 Å². The lowest BCUT2D eigenvalue weighted by Gasteiger charge is -2.17. The van der Waals surface area contributed by atoms with Gasteiger partial charge in [0.15, 0.2) is 0 Å². The first-order valence-corrected chi connectivity index (χ1v) is 7.30. The normalized spacial score (nSPS) is 11.7. The van der Waals surface area contributed by atoms with Gasteiger partial charge in [0.1, 0.15) is 0 Å². The third kappa shape index (κ3) is 6.07. The smallest absolute Gasteiger partial charge is 0.234 e. The van der Waals surface area contributed by atoms with Gasteiger partial charge >= 0.3 is 0 Å². The Bertz CT molecular complexity index is 505. The number of carbonyl (C=O) groups is 3. The summed E-state index contributed by atoms with van der Waals surface area (Å²) in [4.78, 5) is 32.6. The first-order valence-electron chi connectivity index (χ1n) is 5.46. The molecule has 0 aromatic heterocycles. The maximum Gasteiger partial charge on any atom is 0.234 e. The van der Waals surface area contributed by atoms with E-state index in [2.05, 4.69) is 21.2 Å². The first-order chi connectivity index (χ1) is 9.38. The van der Waals surface area contributed by atoms with Gasteiger partial charge in [-0.25, -0.2) is 0 Å². The summed E-state index contributed by atoms with van der Waals surface area (Å²) in [5.74, 6) is -3.65. The number of anilines is 1. The van der Waals surface area contributed by atoms with Crippen LogP contribution in [-0.2, 0) is 14.4 Å². The zero-order valence-electron chi connectivity index (χ0n) is 10.1. The maximum absolute atomic E-state index is 11.6. The third-order valence-corrected chi connectivity index (χ3v) is 3.88. The van der Waals surface area contributed by atoms with Gasteiger partial charge in [0.05, 0.1) is 17.0 Å². The summed E-state index contributed by atoms with van der Waals surface area (Å²) >= 11 is 3.93. The van der Waals surface area contributed by atoms with Crippen molar-refractivity contribution >= 4 is 51.2 Å². The summed E-state index contributed by atoms with van der Waals surface area (Å²) in [6.45, 7) is 0. The summed E-state index contributed by atoms with van der Waals surface area (Å²) in [6.07, 6.45) is -0.696. The monoisotopic (exact) mass is 359 g/mol. The Morgan fingerprint density at radius 3 is 2.30 bits per heavy atom. The molecule has 1 amide bonds. The van der Waals surface area contributed by atoms with Crippen molar-refractivity contribution in [3.05, 3.63) is 28.7 Å². The molecule has 1 atom stereocenters. The van der Waals surface area contributed by atoms with Crippen molar-refractivity contribution in [2.24, 2.45) is 0 Å². The molecule has 1 aromatic rings. The van der Waals surface area contributed by atoms with Gasteiger partial charge in [-0.2, -0.15) is 0 Å². The van der Waals surface area contributed by atoms with Crippen molar-refractivity contribution in [2.45, 2.75) is 11.7 Å². The minimum absolute atomic E-state index is 0.192. The lowest BCUT2D eigenvalue weighted by Crippen LogP contribution is -2.39. The number of carboxylic acid groups (broad SMARTS) is 2. The van der Waals surface area contributed by atoms with E-state index >= 15 is 0 Å². The summed E-state index contributed by atoms with van der Waals surface area (Å²) in [7, 11) is 0. The molecule has 0 unspecified atom stereocenters. The summed E-state index contributed by atoms with van der Waals surface area (Å²) in [6, 6.07) is 6.82. The van der Waals surface area contributed by atoms with Crippen LogP contribution in [0.2, 0.25) is 0 Å². The predicted molar refractivity (Wildman–Crippen MR) is 73.6 cm³/mol. The standard InChI is InChI=1S/C12H12BrNO5S/c13-7-1-3-8(4-2-7)14-10(15)6-20-9(12(18)19)5-11(16)17/h1-4,9H,5-6H2,(H,14,15)(H,16,17)(H,18,19)/p-2/t9-/m0/s1. The lowest BCUT2D eigenvalue weighted by molar-refractivity contribution is -0.314. The van der Waals surface area contributed by atoms with Gasteiger partial charge in [0, 0.05) is 22.6 Å². The van der Waals surface area contributed by atoms with Crippen LogP contribution in [0.4, 0.5) is 5.69 Å². The maximum atomic E-state index is 11.6. The van der Waals surface area contributed by atoms with E-state index in [4.69, 9.17) is 0 Å². The van der Waals surface area contributed by atoms with Crippen molar-refractivity contribution in [1.82, 2.24) is 0 Å². The van der Waals surface area contributed by atoms with Gasteiger partial charge < -0.3 is 25.1 Å². The highest BCUT2D eigenvalue weighted by Crippen LogP contribution is 2.16. The molecule has 0 bridgehead atoms. The molecule has 8 heteroatoms. The second-order valence-electron chi connectivity index (χ2n) is 3.75. The van der Waals surface area contributed by atoms with Crippen LogP contribution in [0.15, 0.2) is 28.7 Å². The number of nitrogens with one attached hydrogen (secondary N) is 1. The van der Waals surface area contributed by atoms with Gasteiger partial charge in [0.25, 0.3) is 0 Å². The quantitative estimate of drug-likeness (QED) is 0.694. The van der Waals surface area contributed by atoms with E-state index in [1.54, 1.807) is 24.3 Å². The Hall–Kier alpha value is -1.54. The van der Waals surface area contributed by atoms with Crippen LogP contribution >= 0.6 is 27.7 Å². The Morgan fingerprint density at radius 1 is 1.20 bits per heavy atom. The van der Waals surface area contributed by atoms with Crippen LogP contribution in [0.25, 0.3) is 0 Å². The predicted octanol–water partition coefficient (Wildman–Crippen LogP) is -0.621. The zero-order chi connectivity index (χ0) is 15.1.